The van der Waals surface area contributed by atoms with E-state index in [9.17, 15) is 13.6 Å². The third-order valence-corrected chi connectivity index (χ3v) is 3.61. The predicted molar refractivity (Wildman–Crippen MR) is 84.9 cm³/mol. The van der Waals surface area contributed by atoms with Gasteiger partial charge < -0.3 is 10.6 Å². The standard InChI is InChI=1S/C15H16F2N4O.ClH/c16-10-6-11(17)8-12(7-10)19-15(22)14-3-5-21(20-14)13-2-1-4-18-9-13;/h3,5-8,13,18H,1-2,4,9H2,(H,19,22);1H. The highest BCUT2D eigenvalue weighted by atomic mass is 35.5. The molecule has 2 heterocycles. The number of nitrogens with zero attached hydrogens (tertiary/aromatic N) is 2. The maximum absolute atomic E-state index is 13.1. The summed E-state index contributed by atoms with van der Waals surface area (Å²) in [6, 6.07) is 4.69. The minimum atomic E-state index is -0.742. The Hall–Kier alpha value is -1.99. The topological polar surface area (TPSA) is 59.0 Å². The van der Waals surface area contributed by atoms with Crippen LogP contribution in [0.25, 0.3) is 0 Å². The highest BCUT2D eigenvalue weighted by molar-refractivity contribution is 6.02. The van der Waals surface area contributed by atoms with Gasteiger partial charge in [0.25, 0.3) is 5.91 Å². The van der Waals surface area contributed by atoms with Gasteiger partial charge in [0.1, 0.15) is 11.6 Å². The summed E-state index contributed by atoms with van der Waals surface area (Å²) in [5, 5.41) is 9.98. The minimum Gasteiger partial charge on any atom is -0.320 e. The number of rotatable bonds is 3. The van der Waals surface area contributed by atoms with Gasteiger partial charge in [-0.05, 0) is 37.6 Å². The SMILES string of the molecule is Cl.O=C(Nc1cc(F)cc(F)c1)c1ccn(C2CCCNC2)n1. The Bertz CT molecular complexity index is 666. The van der Waals surface area contributed by atoms with Crippen LogP contribution >= 0.6 is 12.4 Å². The Morgan fingerprint density at radius 2 is 2.04 bits per heavy atom. The maximum Gasteiger partial charge on any atom is 0.276 e. The van der Waals surface area contributed by atoms with E-state index in [0.717, 1.165) is 44.1 Å². The molecule has 23 heavy (non-hydrogen) atoms. The first-order valence-corrected chi connectivity index (χ1v) is 7.15. The van der Waals surface area contributed by atoms with Gasteiger partial charge in [0.15, 0.2) is 5.69 Å². The Balaban J connectivity index is 0.00000192. The lowest BCUT2D eigenvalue weighted by Gasteiger charge is -2.22. The summed E-state index contributed by atoms with van der Waals surface area (Å²) in [5.41, 5.74) is 0.284. The van der Waals surface area contributed by atoms with Gasteiger partial charge in [-0.2, -0.15) is 5.10 Å². The normalized spacial score (nSPS) is 17.4. The van der Waals surface area contributed by atoms with Crippen LogP contribution in [0.4, 0.5) is 14.5 Å². The van der Waals surface area contributed by atoms with E-state index >= 15 is 0 Å². The van der Waals surface area contributed by atoms with Crippen LogP contribution in [-0.2, 0) is 0 Å². The van der Waals surface area contributed by atoms with E-state index in [1.165, 1.54) is 0 Å². The Kier molecular flexibility index (Phi) is 5.68. The van der Waals surface area contributed by atoms with Crippen molar-refractivity contribution in [3.63, 3.8) is 0 Å². The zero-order valence-electron chi connectivity index (χ0n) is 12.3. The van der Waals surface area contributed by atoms with Gasteiger partial charge in [-0.15, -0.1) is 12.4 Å². The van der Waals surface area contributed by atoms with Crippen molar-refractivity contribution in [2.45, 2.75) is 18.9 Å². The molecule has 1 aliphatic rings. The van der Waals surface area contributed by atoms with Gasteiger partial charge in [0.05, 0.1) is 6.04 Å². The first-order chi connectivity index (χ1) is 10.6. The van der Waals surface area contributed by atoms with Gasteiger partial charge in [-0.25, -0.2) is 8.78 Å². The van der Waals surface area contributed by atoms with Gasteiger partial charge in [0, 0.05) is 24.5 Å². The molecule has 1 fully saturated rings. The molecular weight excluding hydrogens is 326 g/mol. The molecule has 1 aromatic carbocycles. The molecule has 124 valence electrons. The third kappa shape index (κ3) is 4.27. The molecule has 1 saturated heterocycles. The summed E-state index contributed by atoms with van der Waals surface area (Å²) >= 11 is 0. The molecule has 0 spiro atoms. The highest BCUT2D eigenvalue weighted by Gasteiger charge is 2.18. The van der Waals surface area contributed by atoms with Crippen LogP contribution in [0.2, 0.25) is 0 Å². The van der Waals surface area contributed by atoms with E-state index in [0.29, 0.717) is 0 Å². The number of aromatic nitrogens is 2. The fraction of sp³-hybridized carbons (Fsp3) is 0.333. The second-order valence-corrected chi connectivity index (χ2v) is 5.29. The number of benzene rings is 1. The number of hydrogen-bond donors (Lipinski definition) is 2. The Morgan fingerprint density at radius 3 is 2.70 bits per heavy atom. The molecule has 0 aliphatic carbocycles. The number of anilines is 1. The Labute approximate surface area is 138 Å². The van der Waals surface area contributed by atoms with E-state index in [-0.39, 0.29) is 29.8 Å². The molecule has 2 aromatic rings. The number of hydrogen-bond acceptors (Lipinski definition) is 3. The number of halogens is 3. The van der Waals surface area contributed by atoms with Crippen LogP contribution in [0.1, 0.15) is 29.4 Å². The molecule has 8 heteroatoms. The molecule has 5 nitrogen and oxygen atoms in total. The van der Waals surface area contributed by atoms with E-state index in [2.05, 4.69) is 15.7 Å². The molecule has 0 radical (unpaired) electrons. The average molecular weight is 343 g/mol. The fourth-order valence-corrected chi connectivity index (χ4v) is 2.54. The van der Waals surface area contributed by atoms with Crippen LogP contribution in [0, 0.1) is 11.6 Å². The van der Waals surface area contributed by atoms with Crippen LogP contribution in [-0.4, -0.2) is 28.8 Å². The Morgan fingerprint density at radius 1 is 1.30 bits per heavy atom. The number of piperidine rings is 1. The molecule has 0 saturated carbocycles. The first-order valence-electron chi connectivity index (χ1n) is 7.15. The zero-order chi connectivity index (χ0) is 15.5. The van der Waals surface area contributed by atoms with Gasteiger partial charge in [-0.1, -0.05) is 0 Å². The van der Waals surface area contributed by atoms with Crippen molar-refractivity contribution in [1.29, 1.82) is 0 Å². The van der Waals surface area contributed by atoms with Crippen LogP contribution in [0.5, 0.6) is 0 Å². The van der Waals surface area contributed by atoms with E-state index in [1.807, 2.05) is 0 Å². The molecule has 1 aromatic heterocycles. The zero-order valence-corrected chi connectivity index (χ0v) is 13.1. The summed E-state index contributed by atoms with van der Waals surface area (Å²) in [6.07, 6.45) is 3.82. The summed E-state index contributed by atoms with van der Waals surface area (Å²) in [4.78, 5) is 12.1. The lowest BCUT2D eigenvalue weighted by Crippen LogP contribution is -2.32. The quantitative estimate of drug-likeness (QED) is 0.901. The highest BCUT2D eigenvalue weighted by Crippen LogP contribution is 2.17. The first kappa shape index (κ1) is 17.4. The van der Waals surface area contributed by atoms with Crippen LogP contribution in [0.3, 0.4) is 0 Å². The largest absolute Gasteiger partial charge is 0.320 e. The van der Waals surface area contributed by atoms with E-state index < -0.39 is 17.5 Å². The molecule has 0 bridgehead atoms. The number of amides is 1. The summed E-state index contributed by atoms with van der Waals surface area (Å²) in [5.74, 6) is -1.98. The monoisotopic (exact) mass is 342 g/mol. The van der Waals surface area contributed by atoms with Crippen molar-refractivity contribution in [2.24, 2.45) is 0 Å². The van der Waals surface area contributed by atoms with Crippen molar-refractivity contribution in [3.05, 3.63) is 47.8 Å². The van der Waals surface area contributed by atoms with Crippen molar-refractivity contribution in [1.82, 2.24) is 15.1 Å². The molecule has 1 unspecified atom stereocenters. The van der Waals surface area contributed by atoms with Gasteiger partial charge in [0.2, 0.25) is 0 Å². The third-order valence-electron chi connectivity index (χ3n) is 3.61. The molecule has 1 amide bonds. The molecule has 1 atom stereocenters. The second kappa shape index (κ2) is 7.52. The summed E-state index contributed by atoms with van der Waals surface area (Å²) < 4.78 is 28.0. The lowest BCUT2D eigenvalue weighted by molar-refractivity contribution is 0.102. The number of carbonyl (C=O) groups excluding carboxylic acids is 1. The number of carbonyl (C=O) groups is 1. The van der Waals surface area contributed by atoms with Crippen molar-refractivity contribution in [3.8, 4) is 0 Å². The van der Waals surface area contributed by atoms with Gasteiger partial charge in [-0.3, -0.25) is 9.48 Å². The second-order valence-electron chi connectivity index (χ2n) is 5.29. The predicted octanol–water partition coefficient (Wildman–Crippen LogP) is 2.76. The average Bonchev–Trinajstić information content (AvgIpc) is 2.97. The minimum absolute atomic E-state index is 0. The fourth-order valence-electron chi connectivity index (χ4n) is 2.54. The van der Waals surface area contributed by atoms with Crippen molar-refractivity contribution in [2.75, 3.05) is 18.4 Å². The molecule has 3 rings (SSSR count). The molecule has 1 aliphatic heterocycles. The molecule has 2 N–H and O–H groups in total. The number of nitrogens with one attached hydrogen (secondary N) is 2. The van der Waals surface area contributed by atoms with E-state index in [4.69, 9.17) is 0 Å². The smallest absolute Gasteiger partial charge is 0.276 e. The molecular formula is C15H17ClF2N4O. The lowest BCUT2D eigenvalue weighted by atomic mass is 10.1. The summed E-state index contributed by atoms with van der Waals surface area (Å²) in [7, 11) is 0. The van der Waals surface area contributed by atoms with Crippen molar-refractivity contribution < 1.29 is 13.6 Å². The van der Waals surface area contributed by atoms with Crippen LogP contribution < -0.4 is 10.6 Å². The van der Waals surface area contributed by atoms with Crippen molar-refractivity contribution >= 4 is 24.0 Å². The van der Waals surface area contributed by atoms with Gasteiger partial charge >= 0.3 is 0 Å². The van der Waals surface area contributed by atoms with Crippen LogP contribution in [0.15, 0.2) is 30.5 Å². The summed E-state index contributed by atoms with van der Waals surface area (Å²) in [6.45, 7) is 1.81. The maximum atomic E-state index is 13.1. The van der Waals surface area contributed by atoms with E-state index in [1.54, 1.807) is 16.9 Å².